The summed E-state index contributed by atoms with van der Waals surface area (Å²) in [6.45, 7) is 3.08. The summed E-state index contributed by atoms with van der Waals surface area (Å²) >= 11 is 18.2. The van der Waals surface area contributed by atoms with Gasteiger partial charge in [0.05, 0.1) is 17.0 Å². The number of halogens is 3. The van der Waals surface area contributed by atoms with Gasteiger partial charge in [0.2, 0.25) is 0 Å². The summed E-state index contributed by atoms with van der Waals surface area (Å²) in [6.07, 6.45) is 1.63. The van der Waals surface area contributed by atoms with Crippen molar-refractivity contribution in [2.24, 2.45) is 0 Å². The Morgan fingerprint density at radius 3 is 2.55 bits per heavy atom. The molecule has 2 rings (SSSR count). The van der Waals surface area contributed by atoms with Gasteiger partial charge in [0, 0.05) is 22.7 Å². The summed E-state index contributed by atoms with van der Waals surface area (Å²) in [5.41, 5.74) is 0. The van der Waals surface area contributed by atoms with E-state index in [0.717, 1.165) is 17.2 Å². The van der Waals surface area contributed by atoms with Crippen LogP contribution in [-0.2, 0) is 0 Å². The highest BCUT2D eigenvalue weighted by molar-refractivity contribution is 6.33. The molecule has 0 radical (unpaired) electrons. The fourth-order valence-corrected chi connectivity index (χ4v) is 2.94. The lowest BCUT2D eigenvalue weighted by atomic mass is 10.1. The van der Waals surface area contributed by atoms with Crippen LogP contribution in [0.25, 0.3) is 10.8 Å². The normalized spacial score (nSPS) is 12.4. The molecule has 0 saturated heterocycles. The van der Waals surface area contributed by atoms with Crippen LogP contribution in [0, 0.1) is 0 Å². The van der Waals surface area contributed by atoms with E-state index < -0.39 is 0 Å². The number of fused-ring (bicyclic) bond motifs is 1. The second-order valence-electron chi connectivity index (χ2n) is 4.97. The Morgan fingerprint density at radius 2 is 1.86 bits per heavy atom. The zero-order valence-electron chi connectivity index (χ0n) is 12.5. The summed E-state index contributed by atoms with van der Waals surface area (Å²) < 4.78 is 11.6. The minimum atomic E-state index is -0.119. The molecule has 0 aliphatic heterocycles. The van der Waals surface area contributed by atoms with Gasteiger partial charge in [0.25, 0.3) is 0 Å². The Labute approximate surface area is 146 Å². The van der Waals surface area contributed by atoms with Gasteiger partial charge >= 0.3 is 0 Å². The molecule has 0 N–H and O–H groups in total. The van der Waals surface area contributed by atoms with E-state index in [9.17, 15) is 0 Å². The van der Waals surface area contributed by atoms with Gasteiger partial charge in [-0.25, -0.2) is 0 Å². The second kappa shape index (κ2) is 8.71. The van der Waals surface area contributed by atoms with E-state index in [1.165, 1.54) is 0 Å². The number of alkyl halides is 2. The van der Waals surface area contributed by atoms with E-state index in [2.05, 4.69) is 6.92 Å². The number of benzene rings is 2. The van der Waals surface area contributed by atoms with Gasteiger partial charge < -0.3 is 9.47 Å². The molecule has 0 fully saturated rings. The van der Waals surface area contributed by atoms with E-state index in [0.29, 0.717) is 42.0 Å². The molecule has 0 bridgehead atoms. The molecule has 0 aromatic heterocycles. The molecule has 0 spiro atoms. The van der Waals surface area contributed by atoms with Crippen LogP contribution in [0.5, 0.6) is 11.5 Å². The van der Waals surface area contributed by atoms with Crippen LogP contribution in [0.15, 0.2) is 30.3 Å². The van der Waals surface area contributed by atoms with Crippen LogP contribution in [0.1, 0.15) is 19.8 Å². The standard InChI is InChI=1S/C17H19Cl3O2/c1-2-9-21-17-14-6-4-3-5-13(14)16(10-15(17)20)22-11-12(19)7-8-18/h3-6,10,12H,2,7-9,11H2,1H3. The summed E-state index contributed by atoms with van der Waals surface area (Å²) in [5.74, 6) is 1.93. The smallest absolute Gasteiger partial charge is 0.145 e. The van der Waals surface area contributed by atoms with Crippen LogP contribution in [0.2, 0.25) is 5.02 Å². The third kappa shape index (κ3) is 4.34. The lowest BCUT2D eigenvalue weighted by Gasteiger charge is -2.16. The lowest BCUT2D eigenvalue weighted by molar-refractivity contribution is 0.312. The Morgan fingerprint density at radius 1 is 1.14 bits per heavy atom. The molecule has 2 aromatic carbocycles. The Kier molecular flexibility index (Phi) is 6.94. The first-order valence-electron chi connectivity index (χ1n) is 7.34. The fraction of sp³-hybridized carbons (Fsp3) is 0.412. The van der Waals surface area contributed by atoms with E-state index >= 15 is 0 Å². The first kappa shape index (κ1) is 17.5. The molecule has 0 heterocycles. The third-order valence-electron chi connectivity index (χ3n) is 3.20. The van der Waals surface area contributed by atoms with Crippen molar-refractivity contribution < 1.29 is 9.47 Å². The van der Waals surface area contributed by atoms with Crippen molar-refractivity contribution in [3.05, 3.63) is 35.4 Å². The molecule has 1 atom stereocenters. The summed E-state index contributed by atoms with van der Waals surface area (Å²) in [4.78, 5) is 0. The van der Waals surface area contributed by atoms with E-state index in [-0.39, 0.29) is 5.38 Å². The molecular formula is C17H19Cl3O2. The van der Waals surface area contributed by atoms with Gasteiger partial charge in [-0.3, -0.25) is 0 Å². The van der Waals surface area contributed by atoms with Gasteiger partial charge in [-0.1, -0.05) is 42.8 Å². The van der Waals surface area contributed by atoms with E-state index in [4.69, 9.17) is 44.3 Å². The molecule has 5 heteroatoms. The molecule has 2 nitrogen and oxygen atoms in total. The number of ether oxygens (including phenoxy) is 2. The van der Waals surface area contributed by atoms with Gasteiger partial charge in [-0.15, -0.1) is 23.2 Å². The van der Waals surface area contributed by atoms with Crippen molar-refractivity contribution in [2.75, 3.05) is 19.1 Å². The SMILES string of the molecule is CCCOc1c(Cl)cc(OCC(Cl)CCCl)c2ccccc12. The first-order valence-corrected chi connectivity index (χ1v) is 8.69. The van der Waals surface area contributed by atoms with Crippen molar-refractivity contribution in [2.45, 2.75) is 25.1 Å². The van der Waals surface area contributed by atoms with Crippen molar-refractivity contribution in [3.63, 3.8) is 0 Å². The highest BCUT2D eigenvalue weighted by atomic mass is 35.5. The molecule has 2 aromatic rings. The fourth-order valence-electron chi connectivity index (χ4n) is 2.14. The highest BCUT2D eigenvalue weighted by Crippen LogP contribution is 2.39. The van der Waals surface area contributed by atoms with Gasteiger partial charge in [-0.05, 0) is 12.8 Å². The molecule has 120 valence electrons. The van der Waals surface area contributed by atoms with Gasteiger partial charge in [-0.2, -0.15) is 0 Å². The molecule has 22 heavy (non-hydrogen) atoms. The van der Waals surface area contributed by atoms with Crippen molar-refractivity contribution in [1.29, 1.82) is 0 Å². The van der Waals surface area contributed by atoms with Crippen LogP contribution < -0.4 is 9.47 Å². The summed E-state index contributed by atoms with van der Waals surface area (Å²) in [6, 6.07) is 9.68. The maximum Gasteiger partial charge on any atom is 0.145 e. The zero-order chi connectivity index (χ0) is 15.9. The maximum absolute atomic E-state index is 6.36. The molecular weight excluding hydrogens is 343 g/mol. The van der Waals surface area contributed by atoms with Crippen LogP contribution >= 0.6 is 34.8 Å². The third-order valence-corrected chi connectivity index (χ3v) is 4.05. The Balaban J connectivity index is 2.31. The van der Waals surface area contributed by atoms with Gasteiger partial charge in [0.15, 0.2) is 0 Å². The van der Waals surface area contributed by atoms with Crippen LogP contribution in [0.3, 0.4) is 0 Å². The lowest BCUT2D eigenvalue weighted by Crippen LogP contribution is -2.12. The first-order chi connectivity index (χ1) is 10.7. The van der Waals surface area contributed by atoms with Crippen molar-refractivity contribution in [1.82, 2.24) is 0 Å². The summed E-state index contributed by atoms with van der Waals surface area (Å²) in [5, 5.41) is 2.34. The van der Waals surface area contributed by atoms with E-state index in [1.807, 2.05) is 24.3 Å². The van der Waals surface area contributed by atoms with Crippen LogP contribution in [-0.4, -0.2) is 24.5 Å². The Bertz CT molecular complexity index is 616. The van der Waals surface area contributed by atoms with Crippen molar-refractivity contribution in [3.8, 4) is 11.5 Å². The number of hydrogen-bond donors (Lipinski definition) is 0. The van der Waals surface area contributed by atoms with Crippen LogP contribution in [0.4, 0.5) is 0 Å². The second-order valence-corrected chi connectivity index (χ2v) is 6.37. The number of hydrogen-bond acceptors (Lipinski definition) is 2. The quantitative estimate of drug-likeness (QED) is 0.545. The Hall–Kier alpha value is -0.830. The molecule has 0 aliphatic rings. The predicted molar refractivity (Wildman–Crippen MR) is 95.2 cm³/mol. The summed E-state index contributed by atoms with van der Waals surface area (Å²) in [7, 11) is 0. The molecule has 1 unspecified atom stereocenters. The predicted octanol–water partition coefficient (Wildman–Crippen LogP) is 5.90. The monoisotopic (exact) mass is 360 g/mol. The van der Waals surface area contributed by atoms with Crippen molar-refractivity contribution >= 4 is 45.6 Å². The van der Waals surface area contributed by atoms with E-state index in [1.54, 1.807) is 6.07 Å². The minimum absolute atomic E-state index is 0.119. The molecule has 0 saturated carbocycles. The average Bonchev–Trinajstić information content (AvgIpc) is 2.52. The maximum atomic E-state index is 6.36. The largest absolute Gasteiger partial charge is 0.491 e. The molecule has 0 aliphatic carbocycles. The van der Waals surface area contributed by atoms with Gasteiger partial charge in [0.1, 0.15) is 18.1 Å². The zero-order valence-corrected chi connectivity index (χ0v) is 14.7. The highest BCUT2D eigenvalue weighted by Gasteiger charge is 2.14. The minimum Gasteiger partial charge on any atom is -0.491 e. The molecule has 0 amide bonds. The average molecular weight is 362 g/mol. The topological polar surface area (TPSA) is 18.5 Å². The number of rotatable bonds is 8.